The fourth-order valence-corrected chi connectivity index (χ4v) is 2.70. The van der Waals surface area contributed by atoms with Crippen LogP contribution in [0.3, 0.4) is 0 Å². The number of benzene rings is 1. The van der Waals surface area contributed by atoms with E-state index in [-0.39, 0.29) is 11.2 Å². The van der Waals surface area contributed by atoms with Gasteiger partial charge >= 0.3 is 0 Å². The van der Waals surface area contributed by atoms with Crippen LogP contribution in [0, 0.1) is 11.2 Å². The molecule has 0 amide bonds. The molecule has 3 heteroatoms. The number of aliphatic hydroxyl groups is 1. The summed E-state index contributed by atoms with van der Waals surface area (Å²) in [6.45, 7) is 0.463. The highest BCUT2D eigenvalue weighted by Gasteiger charge is 2.40. The maximum absolute atomic E-state index is 13.1. The molecule has 1 atom stereocenters. The Balaban J connectivity index is 2.26. The molecule has 1 aliphatic rings. The molecule has 0 aromatic heterocycles. The summed E-state index contributed by atoms with van der Waals surface area (Å²) in [6.07, 6.45) is 3.42. The third-order valence-electron chi connectivity index (χ3n) is 3.75. The Labute approximate surface area is 95.3 Å². The number of aliphatic hydroxyl groups excluding tert-OH is 1. The first-order valence-electron chi connectivity index (χ1n) is 5.81. The third-order valence-corrected chi connectivity index (χ3v) is 3.75. The van der Waals surface area contributed by atoms with Crippen molar-refractivity contribution < 1.29 is 9.50 Å². The Hall–Kier alpha value is -0.930. The summed E-state index contributed by atoms with van der Waals surface area (Å²) in [5.74, 6) is -0.304. The van der Waals surface area contributed by atoms with Gasteiger partial charge < -0.3 is 10.8 Å². The lowest BCUT2D eigenvalue weighted by atomic mass is 9.77. The quantitative estimate of drug-likeness (QED) is 0.826. The Morgan fingerprint density at radius 3 is 2.62 bits per heavy atom. The molecule has 0 radical (unpaired) electrons. The van der Waals surface area contributed by atoms with Gasteiger partial charge in [-0.25, -0.2) is 4.39 Å². The Morgan fingerprint density at radius 1 is 1.38 bits per heavy atom. The van der Waals surface area contributed by atoms with Gasteiger partial charge in [-0.05, 0) is 30.5 Å². The Kier molecular flexibility index (Phi) is 3.26. The zero-order valence-corrected chi connectivity index (χ0v) is 9.32. The van der Waals surface area contributed by atoms with Gasteiger partial charge in [0, 0.05) is 12.0 Å². The van der Waals surface area contributed by atoms with Crippen LogP contribution >= 0.6 is 0 Å². The van der Waals surface area contributed by atoms with Crippen LogP contribution in [-0.2, 0) is 0 Å². The molecule has 1 aliphatic carbocycles. The van der Waals surface area contributed by atoms with Crippen molar-refractivity contribution in [2.24, 2.45) is 11.1 Å². The van der Waals surface area contributed by atoms with E-state index < -0.39 is 6.10 Å². The molecule has 0 saturated heterocycles. The molecule has 1 unspecified atom stereocenters. The minimum atomic E-state index is -0.643. The summed E-state index contributed by atoms with van der Waals surface area (Å²) < 4.78 is 13.1. The summed E-state index contributed by atoms with van der Waals surface area (Å²) in [6, 6.07) is 6.19. The molecule has 1 saturated carbocycles. The zero-order chi connectivity index (χ0) is 11.6. The van der Waals surface area contributed by atoms with Gasteiger partial charge in [0.25, 0.3) is 0 Å². The summed E-state index contributed by atoms with van der Waals surface area (Å²) >= 11 is 0. The number of halogens is 1. The van der Waals surface area contributed by atoms with Crippen LogP contribution in [0.2, 0.25) is 0 Å². The molecule has 0 spiro atoms. The van der Waals surface area contributed by atoms with Crippen LogP contribution in [0.25, 0.3) is 0 Å². The normalized spacial score (nSPS) is 20.9. The van der Waals surface area contributed by atoms with Gasteiger partial charge in [0.2, 0.25) is 0 Å². The van der Waals surface area contributed by atoms with Crippen molar-refractivity contribution in [3.63, 3.8) is 0 Å². The van der Waals surface area contributed by atoms with E-state index in [1.54, 1.807) is 12.1 Å². The van der Waals surface area contributed by atoms with E-state index in [0.29, 0.717) is 12.1 Å². The summed E-state index contributed by atoms with van der Waals surface area (Å²) in [5.41, 5.74) is 6.19. The van der Waals surface area contributed by atoms with Gasteiger partial charge in [-0.15, -0.1) is 0 Å². The fraction of sp³-hybridized carbons (Fsp3) is 0.538. The van der Waals surface area contributed by atoms with E-state index in [1.807, 2.05) is 0 Å². The molecule has 1 aromatic rings. The predicted octanol–water partition coefficient (Wildman–Crippen LogP) is 2.38. The first kappa shape index (κ1) is 11.6. The van der Waals surface area contributed by atoms with Gasteiger partial charge in [0.15, 0.2) is 0 Å². The third kappa shape index (κ3) is 1.97. The van der Waals surface area contributed by atoms with E-state index >= 15 is 0 Å². The molecular formula is C13H18FNO. The van der Waals surface area contributed by atoms with E-state index in [9.17, 15) is 9.50 Å². The van der Waals surface area contributed by atoms with Crippen molar-refractivity contribution in [3.05, 3.63) is 35.6 Å². The monoisotopic (exact) mass is 223 g/mol. The summed E-state index contributed by atoms with van der Waals surface area (Å²) in [5, 5.41) is 10.3. The first-order valence-corrected chi connectivity index (χ1v) is 5.81. The maximum Gasteiger partial charge on any atom is 0.123 e. The number of rotatable bonds is 3. The molecule has 3 N–H and O–H groups in total. The first-order chi connectivity index (χ1) is 7.68. The lowest BCUT2D eigenvalue weighted by molar-refractivity contribution is 0.0331. The molecule has 16 heavy (non-hydrogen) atoms. The maximum atomic E-state index is 13.1. The van der Waals surface area contributed by atoms with Gasteiger partial charge in [0.05, 0.1) is 6.10 Å². The molecule has 1 fully saturated rings. The molecule has 1 aromatic carbocycles. The number of hydrogen-bond acceptors (Lipinski definition) is 2. The second kappa shape index (κ2) is 4.52. The van der Waals surface area contributed by atoms with E-state index in [1.165, 1.54) is 12.1 Å². The Morgan fingerprint density at radius 2 is 2.06 bits per heavy atom. The summed E-state index contributed by atoms with van der Waals surface area (Å²) in [4.78, 5) is 0. The molecule has 0 heterocycles. The predicted molar refractivity (Wildman–Crippen MR) is 61.3 cm³/mol. The van der Waals surface area contributed by atoms with Crippen LogP contribution in [0.1, 0.15) is 37.4 Å². The standard InChI is InChI=1S/C13H18FNO/c14-11-5-3-4-10(8-11)12(16)13(9-15)6-1-2-7-13/h3-5,8,12,16H,1-2,6-7,9,15H2. The minimum absolute atomic E-state index is 0.242. The second-order valence-corrected chi connectivity index (χ2v) is 4.73. The van der Waals surface area contributed by atoms with Gasteiger partial charge in [-0.2, -0.15) is 0 Å². The van der Waals surface area contributed by atoms with Crippen molar-refractivity contribution in [3.8, 4) is 0 Å². The van der Waals surface area contributed by atoms with Crippen molar-refractivity contribution in [2.45, 2.75) is 31.8 Å². The lowest BCUT2D eigenvalue weighted by Crippen LogP contribution is -2.34. The van der Waals surface area contributed by atoms with Crippen molar-refractivity contribution in [1.29, 1.82) is 0 Å². The van der Waals surface area contributed by atoms with Crippen LogP contribution in [-0.4, -0.2) is 11.7 Å². The average Bonchev–Trinajstić information content (AvgIpc) is 2.78. The average molecular weight is 223 g/mol. The number of nitrogens with two attached hydrogens (primary N) is 1. The molecule has 0 bridgehead atoms. The topological polar surface area (TPSA) is 46.2 Å². The second-order valence-electron chi connectivity index (χ2n) is 4.73. The smallest absolute Gasteiger partial charge is 0.123 e. The van der Waals surface area contributed by atoms with Gasteiger partial charge in [0.1, 0.15) is 5.82 Å². The highest BCUT2D eigenvalue weighted by atomic mass is 19.1. The van der Waals surface area contributed by atoms with Crippen molar-refractivity contribution in [1.82, 2.24) is 0 Å². The van der Waals surface area contributed by atoms with Crippen LogP contribution in [0.15, 0.2) is 24.3 Å². The minimum Gasteiger partial charge on any atom is -0.388 e. The van der Waals surface area contributed by atoms with E-state index in [4.69, 9.17) is 5.73 Å². The summed E-state index contributed by atoms with van der Waals surface area (Å²) in [7, 11) is 0. The zero-order valence-electron chi connectivity index (χ0n) is 9.32. The van der Waals surface area contributed by atoms with Gasteiger partial charge in [-0.1, -0.05) is 25.0 Å². The lowest BCUT2D eigenvalue weighted by Gasteiger charge is -2.33. The molecule has 2 nitrogen and oxygen atoms in total. The number of hydrogen-bond donors (Lipinski definition) is 2. The highest BCUT2D eigenvalue weighted by molar-refractivity contribution is 5.21. The highest BCUT2D eigenvalue weighted by Crippen LogP contribution is 2.46. The van der Waals surface area contributed by atoms with Crippen LogP contribution in [0.4, 0.5) is 4.39 Å². The molecule has 0 aliphatic heterocycles. The van der Waals surface area contributed by atoms with Gasteiger partial charge in [-0.3, -0.25) is 0 Å². The Bertz CT molecular complexity index is 361. The molecule has 88 valence electrons. The molecule has 2 rings (SSSR count). The van der Waals surface area contributed by atoms with Crippen LogP contribution in [0.5, 0.6) is 0 Å². The largest absolute Gasteiger partial charge is 0.388 e. The van der Waals surface area contributed by atoms with E-state index in [0.717, 1.165) is 25.7 Å². The molecular weight excluding hydrogens is 205 g/mol. The van der Waals surface area contributed by atoms with Crippen molar-refractivity contribution in [2.75, 3.05) is 6.54 Å². The van der Waals surface area contributed by atoms with E-state index in [2.05, 4.69) is 0 Å². The SMILES string of the molecule is NCC1(C(O)c2cccc(F)c2)CCCC1. The van der Waals surface area contributed by atoms with Crippen molar-refractivity contribution >= 4 is 0 Å². The van der Waals surface area contributed by atoms with Crippen LogP contribution < -0.4 is 5.73 Å². The fourth-order valence-electron chi connectivity index (χ4n) is 2.70.